The number of hydrogen-bond acceptors (Lipinski definition) is 3. The molecule has 3 rings (SSSR count). The van der Waals surface area contributed by atoms with Crippen LogP contribution >= 0.6 is 11.8 Å². The molecule has 1 aromatic rings. The van der Waals surface area contributed by atoms with E-state index in [4.69, 9.17) is 0 Å². The third kappa shape index (κ3) is 4.51. The fourth-order valence-corrected chi connectivity index (χ4v) is 4.86. The van der Waals surface area contributed by atoms with Crippen molar-refractivity contribution in [2.75, 3.05) is 25.9 Å². The molecule has 2 aliphatic heterocycles. The van der Waals surface area contributed by atoms with Gasteiger partial charge in [-0.15, -0.1) is 11.8 Å². The lowest BCUT2D eigenvalue weighted by molar-refractivity contribution is -0.134. The van der Waals surface area contributed by atoms with E-state index in [0.717, 1.165) is 44.6 Å². The zero-order chi connectivity index (χ0) is 16.1. The molecule has 0 radical (unpaired) electrons. The van der Waals surface area contributed by atoms with Crippen LogP contribution in [0.4, 0.5) is 0 Å². The molecule has 1 unspecified atom stereocenters. The van der Waals surface area contributed by atoms with Gasteiger partial charge in [0.15, 0.2) is 0 Å². The molecular formula is C19H28N2OS. The summed E-state index contributed by atoms with van der Waals surface area (Å²) in [6.45, 7) is 2.97. The summed E-state index contributed by atoms with van der Waals surface area (Å²) >= 11 is 1.87. The Morgan fingerprint density at radius 3 is 2.57 bits per heavy atom. The van der Waals surface area contributed by atoms with E-state index in [0.29, 0.717) is 11.9 Å². The molecule has 2 aliphatic rings. The lowest BCUT2D eigenvalue weighted by atomic mass is 10.0. The maximum absolute atomic E-state index is 13.2. The van der Waals surface area contributed by atoms with E-state index in [2.05, 4.69) is 41.1 Å². The predicted molar refractivity (Wildman–Crippen MR) is 97.6 cm³/mol. The lowest BCUT2D eigenvalue weighted by Crippen LogP contribution is -2.49. The average molecular weight is 333 g/mol. The van der Waals surface area contributed by atoms with E-state index in [9.17, 15) is 4.79 Å². The normalized spacial score (nSPS) is 23.6. The zero-order valence-corrected chi connectivity index (χ0v) is 14.9. The zero-order valence-electron chi connectivity index (χ0n) is 14.1. The van der Waals surface area contributed by atoms with Gasteiger partial charge in [-0.05, 0) is 57.1 Å². The molecule has 0 aromatic heterocycles. The number of likely N-dealkylation sites (tertiary alicyclic amines) is 1. The van der Waals surface area contributed by atoms with Crippen LogP contribution in [0.5, 0.6) is 0 Å². The van der Waals surface area contributed by atoms with Gasteiger partial charge in [-0.1, -0.05) is 36.8 Å². The lowest BCUT2D eigenvalue weighted by Gasteiger charge is -2.39. The van der Waals surface area contributed by atoms with Crippen molar-refractivity contribution in [1.29, 1.82) is 0 Å². The summed E-state index contributed by atoms with van der Waals surface area (Å²) in [4.78, 5) is 17.7. The van der Waals surface area contributed by atoms with Gasteiger partial charge in [0.1, 0.15) is 0 Å². The largest absolute Gasteiger partial charge is 0.334 e. The maximum atomic E-state index is 13.2. The average Bonchev–Trinajstić information content (AvgIpc) is 2.62. The summed E-state index contributed by atoms with van der Waals surface area (Å²) in [7, 11) is 2.18. The molecule has 4 heteroatoms. The Morgan fingerprint density at radius 2 is 1.91 bits per heavy atom. The van der Waals surface area contributed by atoms with Gasteiger partial charge in [0.05, 0.1) is 5.25 Å². The van der Waals surface area contributed by atoms with Crippen molar-refractivity contribution in [2.24, 2.45) is 0 Å². The minimum absolute atomic E-state index is 0.187. The molecule has 23 heavy (non-hydrogen) atoms. The summed E-state index contributed by atoms with van der Waals surface area (Å²) in [6.07, 6.45) is 5.73. The van der Waals surface area contributed by atoms with Gasteiger partial charge in [-0.25, -0.2) is 0 Å². The molecule has 2 heterocycles. The van der Waals surface area contributed by atoms with Crippen molar-refractivity contribution in [3.05, 3.63) is 35.9 Å². The SMILES string of the molecule is CN1CCC(N(Cc2ccccc2)C(=O)C2CCCCS2)CC1. The highest BCUT2D eigenvalue weighted by Crippen LogP contribution is 2.29. The fraction of sp³-hybridized carbons (Fsp3) is 0.632. The molecule has 0 aliphatic carbocycles. The number of carbonyl (C=O) groups is 1. The molecule has 0 bridgehead atoms. The van der Waals surface area contributed by atoms with Crippen LogP contribution in [0, 0.1) is 0 Å². The van der Waals surface area contributed by atoms with Gasteiger partial charge in [0, 0.05) is 12.6 Å². The number of carbonyl (C=O) groups excluding carboxylic acids is 1. The molecule has 2 fully saturated rings. The monoisotopic (exact) mass is 332 g/mol. The molecule has 1 atom stereocenters. The van der Waals surface area contributed by atoms with Crippen LogP contribution in [0.2, 0.25) is 0 Å². The first kappa shape index (κ1) is 16.8. The Balaban J connectivity index is 1.73. The molecule has 1 amide bonds. The molecule has 2 saturated heterocycles. The van der Waals surface area contributed by atoms with E-state index in [1.165, 1.54) is 18.4 Å². The number of piperidine rings is 1. The number of thioether (sulfide) groups is 1. The van der Waals surface area contributed by atoms with Crippen molar-refractivity contribution in [2.45, 2.75) is 49.9 Å². The van der Waals surface area contributed by atoms with Crippen molar-refractivity contribution in [1.82, 2.24) is 9.80 Å². The van der Waals surface area contributed by atoms with Crippen molar-refractivity contribution >= 4 is 17.7 Å². The molecule has 126 valence electrons. The van der Waals surface area contributed by atoms with Crippen LogP contribution in [0.1, 0.15) is 37.7 Å². The van der Waals surface area contributed by atoms with Crippen LogP contribution in [0.15, 0.2) is 30.3 Å². The topological polar surface area (TPSA) is 23.6 Å². The fourth-order valence-electron chi connectivity index (χ4n) is 3.59. The van der Waals surface area contributed by atoms with Crippen molar-refractivity contribution in [3.63, 3.8) is 0 Å². The first-order valence-electron chi connectivity index (χ1n) is 8.88. The van der Waals surface area contributed by atoms with Gasteiger partial charge in [-0.2, -0.15) is 0 Å². The van der Waals surface area contributed by atoms with Crippen LogP contribution in [-0.2, 0) is 11.3 Å². The van der Waals surface area contributed by atoms with Crippen LogP contribution in [0.25, 0.3) is 0 Å². The van der Waals surface area contributed by atoms with Gasteiger partial charge >= 0.3 is 0 Å². The van der Waals surface area contributed by atoms with Crippen molar-refractivity contribution in [3.8, 4) is 0 Å². The van der Waals surface area contributed by atoms with Gasteiger partial charge in [0.2, 0.25) is 5.91 Å². The molecule has 3 nitrogen and oxygen atoms in total. The first-order valence-corrected chi connectivity index (χ1v) is 9.93. The first-order chi connectivity index (χ1) is 11.2. The second-order valence-electron chi connectivity index (χ2n) is 6.84. The third-order valence-electron chi connectivity index (χ3n) is 5.06. The Kier molecular flexibility index (Phi) is 6.01. The molecule has 0 saturated carbocycles. The molecule has 1 aromatic carbocycles. The summed E-state index contributed by atoms with van der Waals surface area (Å²) < 4.78 is 0. The van der Waals surface area contributed by atoms with E-state index < -0.39 is 0 Å². The van der Waals surface area contributed by atoms with E-state index in [1.807, 2.05) is 17.8 Å². The Morgan fingerprint density at radius 1 is 1.17 bits per heavy atom. The summed E-state index contributed by atoms with van der Waals surface area (Å²) in [6, 6.07) is 10.9. The van der Waals surface area contributed by atoms with Crippen LogP contribution in [0.3, 0.4) is 0 Å². The van der Waals surface area contributed by atoms with E-state index in [1.54, 1.807) is 0 Å². The second kappa shape index (κ2) is 8.20. The highest BCUT2D eigenvalue weighted by molar-refractivity contribution is 8.00. The van der Waals surface area contributed by atoms with Gasteiger partial charge in [-0.3, -0.25) is 4.79 Å². The number of amides is 1. The quantitative estimate of drug-likeness (QED) is 0.844. The number of nitrogens with zero attached hydrogens (tertiary/aromatic N) is 2. The molecular weight excluding hydrogens is 304 g/mol. The highest BCUT2D eigenvalue weighted by Gasteiger charge is 2.32. The molecule has 0 N–H and O–H groups in total. The van der Waals surface area contributed by atoms with Gasteiger partial charge < -0.3 is 9.80 Å². The van der Waals surface area contributed by atoms with E-state index >= 15 is 0 Å². The standard InChI is InChI=1S/C19H28N2OS/c1-20-12-10-17(11-13-20)21(15-16-7-3-2-4-8-16)19(22)18-9-5-6-14-23-18/h2-4,7-8,17-18H,5-6,9-15H2,1H3. The minimum atomic E-state index is 0.187. The van der Waals surface area contributed by atoms with Crippen molar-refractivity contribution < 1.29 is 4.79 Å². The second-order valence-corrected chi connectivity index (χ2v) is 8.15. The number of rotatable bonds is 4. The molecule has 0 spiro atoms. The van der Waals surface area contributed by atoms with E-state index in [-0.39, 0.29) is 5.25 Å². The number of hydrogen-bond donors (Lipinski definition) is 0. The van der Waals surface area contributed by atoms with Gasteiger partial charge in [0.25, 0.3) is 0 Å². The Bertz CT molecular complexity index is 493. The summed E-state index contributed by atoms with van der Waals surface area (Å²) in [5.74, 6) is 1.52. The van der Waals surface area contributed by atoms with Crippen LogP contribution < -0.4 is 0 Å². The Hall–Kier alpha value is -1.000. The number of benzene rings is 1. The highest BCUT2D eigenvalue weighted by atomic mass is 32.2. The predicted octanol–water partition coefficient (Wildman–Crippen LogP) is 3.40. The summed E-state index contributed by atoms with van der Waals surface area (Å²) in [5, 5.41) is 0.187. The third-order valence-corrected chi connectivity index (χ3v) is 6.43. The Labute approximate surface area is 144 Å². The smallest absolute Gasteiger partial charge is 0.236 e. The maximum Gasteiger partial charge on any atom is 0.236 e. The summed E-state index contributed by atoms with van der Waals surface area (Å²) in [5.41, 5.74) is 1.25. The minimum Gasteiger partial charge on any atom is -0.334 e. The van der Waals surface area contributed by atoms with Crippen LogP contribution in [-0.4, -0.2) is 52.9 Å².